The lowest BCUT2D eigenvalue weighted by atomic mass is 10.0. The van der Waals surface area contributed by atoms with Gasteiger partial charge in [-0.3, -0.25) is 9.59 Å². The number of nitrogens with one attached hydrogen (secondary N) is 1. The van der Waals surface area contributed by atoms with E-state index in [1.54, 1.807) is 4.68 Å². The first kappa shape index (κ1) is 21.4. The number of benzene rings is 2. The van der Waals surface area contributed by atoms with Crippen molar-refractivity contribution in [2.24, 2.45) is 5.92 Å². The predicted octanol–water partition coefficient (Wildman–Crippen LogP) is 5.78. The molecule has 1 aromatic heterocycles. The highest BCUT2D eigenvalue weighted by molar-refractivity contribution is 5.93. The summed E-state index contributed by atoms with van der Waals surface area (Å²) < 4.78 is 7.51. The average Bonchev–Trinajstić information content (AvgIpc) is 3.36. The molecule has 1 N–H and O–H groups in total. The molecule has 0 radical (unpaired) electrons. The number of hydrogen-bond donors (Lipinski definition) is 1. The molecule has 1 amide bonds. The third-order valence-corrected chi connectivity index (χ3v) is 6.59. The standard InChI is InChI=1S/C27H29N3O3/c1-17-7-3-6-10-23(17)30-27(33-18(2)31)24(25(29-30)20-11-12-20)19-13-15-22(16-14-19)28-26(32)21-8-4-5-9-21/h3,6-7,10,13-16,20-21H,4-5,8-9,11-12H2,1-2H3,(H,28,32). The largest absolute Gasteiger partial charge is 0.407 e. The number of nitrogens with zero attached hydrogens (tertiary/aromatic N) is 2. The first-order valence-corrected chi connectivity index (χ1v) is 11.8. The summed E-state index contributed by atoms with van der Waals surface area (Å²) in [6.45, 7) is 3.43. The number of carbonyl (C=O) groups is 2. The summed E-state index contributed by atoms with van der Waals surface area (Å²) in [5.41, 5.74) is 5.45. The SMILES string of the molecule is CC(=O)Oc1c(-c2ccc(NC(=O)C3CCCC3)cc2)c(C2CC2)nn1-c1ccccc1C. The molecule has 3 aromatic rings. The van der Waals surface area contributed by atoms with Crippen LogP contribution >= 0.6 is 0 Å². The number of rotatable bonds is 6. The highest BCUT2D eigenvalue weighted by atomic mass is 16.5. The van der Waals surface area contributed by atoms with Gasteiger partial charge in [0.1, 0.15) is 0 Å². The van der Waals surface area contributed by atoms with Crippen LogP contribution in [0, 0.1) is 12.8 Å². The van der Waals surface area contributed by atoms with E-state index in [2.05, 4.69) is 5.32 Å². The van der Waals surface area contributed by atoms with Gasteiger partial charge in [-0.25, -0.2) is 0 Å². The van der Waals surface area contributed by atoms with Crippen LogP contribution in [0.3, 0.4) is 0 Å². The van der Waals surface area contributed by atoms with Crippen LogP contribution in [0.5, 0.6) is 5.88 Å². The Balaban J connectivity index is 1.53. The minimum Gasteiger partial charge on any atom is -0.407 e. The molecule has 0 unspecified atom stereocenters. The van der Waals surface area contributed by atoms with Gasteiger partial charge in [0, 0.05) is 24.4 Å². The van der Waals surface area contributed by atoms with Crippen LogP contribution in [0.15, 0.2) is 48.5 Å². The van der Waals surface area contributed by atoms with Crippen molar-refractivity contribution in [1.82, 2.24) is 9.78 Å². The van der Waals surface area contributed by atoms with E-state index < -0.39 is 0 Å². The van der Waals surface area contributed by atoms with Gasteiger partial charge < -0.3 is 10.1 Å². The molecule has 1 heterocycles. The van der Waals surface area contributed by atoms with E-state index in [-0.39, 0.29) is 17.8 Å². The first-order chi connectivity index (χ1) is 16.0. The Hall–Kier alpha value is -3.41. The van der Waals surface area contributed by atoms with Crippen molar-refractivity contribution in [1.29, 1.82) is 0 Å². The molecule has 33 heavy (non-hydrogen) atoms. The van der Waals surface area contributed by atoms with E-state index in [0.717, 1.165) is 72.3 Å². The first-order valence-electron chi connectivity index (χ1n) is 11.8. The minimum atomic E-state index is -0.381. The molecule has 6 nitrogen and oxygen atoms in total. The van der Waals surface area contributed by atoms with Gasteiger partial charge in [0.15, 0.2) is 0 Å². The van der Waals surface area contributed by atoms with Crippen molar-refractivity contribution in [2.75, 3.05) is 5.32 Å². The number of ether oxygens (including phenoxy) is 1. The zero-order valence-electron chi connectivity index (χ0n) is 19.1. The lowest BCUT2D eigenvalue weighted by Gasteiger charge is -2.12. The van der Waals surface area contributed by atoms with Gasteiger partial charge in [-0.15, -0.1) is 0 Å². The Bertz CT molecular complexity index is 1190. The maximum Gasteiger partial charge on any atom is 0.309 e. The lowest BCUT2D eigenvalue weighted by Crippen LogP contribution is -2.20. The number of aryl methyl sites for hydroxylation is 1. The minimum absolute atomic E-state index is 0.104. The summed E-state index contributed by atoms with van der Waals surface area (Å²) in [7, 11) is 0. The smallest absolute Gasteiger partial charge is 0.309 e. The van der Waals surface area contributed by atoms with Crippen LogP contribution in [0.1, 0.15) is 62.6 Å². The second-order valence-corrected chi connectivity index (χ2v) is 9.18. The Kier molecular flexibility index (Phi) is 5.75. The Morgan fingerprint density at radius 3 is 2.33 bits per heavy atom. The maximum absolute atomic E-state index is 12.5. The van der Waals surface area contributed by atoms with E-state index >= 15 is 0 Å². The molecule has 0 atom stereocenters. The molecule has 2 fully saturated rings. The quantitative estimate of drug-likeness (QED) is 0.490. The molecule has 2 saturated carbocycles. The number of anilines is 1. The average molecular weight is 444 g/mol. The predicted molar refractivity (Wildman–Crippen MR) is 128 cm³/mol. The summed E-state index contributed by atoms with van der Waals surface area (Å²) >= 11 is 0. The van der Waals surface area contributed by atoms with E-state index in [4.69, 9.17) is 9.84 Å². The zero-order chi connectivity index (χ0) is 22.9. The monoisotopic (exact) mass is 443 g/mol. The van der Waals surface area contributed by atoms with Gasteiger partial charge in [-0.05, 0) is 61.9 Å². The van der Waals surface area contributed by atoms with E-state index in [1.807, 2.05) is 55.5 Å². The molecule has 0 spiro atoms. The Morgan fingerprint density at radius 2 is 1.70 bits per heavy atom. The molecule has 170 valence electrons. The fraction of sp³-hybridized carbons (Fsp3) is 0.370. The number of esters is 1. The highest BCUT2D eigenvalue weighted by Crippen LogP contribution is 2.48. The fourth-order valence-corrected chi connectivity index (χ4v) is 4.68. The number of aromatic nitrogens is 2. The van der Waals surface area contributed by atoms with E-state index in [0.29, 0.717) is 11.8 Å². The topological polar surface area (TPSA) is 73.2 Å². The van der Waals surface area contributed by atoms with Crippen molar-refractivity contribution >= 4 is 17.6 Å². The van der Waals surface area contributed by atoms with Crippen LogP contribution in [-0.2, 0) is 9.59 Å². The summed E-state index contributed by atoms with van der Waals surface area (Å²) in [5.74, 6) is 0.650. The van der Waals surface area contributed by atoms with E-state index in [1.165, 1.54) is 6.92 Å². The summed E-state index contributed by atoms with van der Waals surface area (Å²) in [5, 5.41) is 7.98. The van der Waals surface area contributed by atoms with Gasteiger partial charge in [0.05, 0.1) is 16.9 Å². The summed E-state index contributed by atoms with van der Waals surface area (Å²) in [4.78, 5) is 24.6. The molecule has 5 rings (SSSR count). The number of para-hydroxylation sites is 1. The van der Waals surface area contributed by atoms with Gasteiger partial charge >= 0.3 is 5.97 Å². The Morgan fingerprint density at radius 1 is 1.00 bits per heavy atom. The second-order valence-electron chi connectivity index (χ2n) is 9.18. The summed E-state index contributed by atoms with van der Waals surface area (Å²) in [6.07, 6.45) is 6.35. The summed E-state index contributed by atoms with van der Waals surface area (Å²) in [6, 6.07) is 15.7. The molecular weight excluding hydrogens is 414 g/mol. The van der Waals surface area contributed by atoms with Crippen LogP contribution in [0.25, 0.3) is 16.8 Å². The molecule has 2 aliphatic rings. The highest BCUT2D eigenvalue weighted by Gasteiger charge is 2.34. The molecule has 0 aliphatic heterocycles. The van der Waals surface area contributed by atoms with Crippen molar-refractivity contribution < 1.29 is 14.3 Å². The third-order valence-electron chi connectivity index (χ3n) is 6.59. The molecule has 0 saturated heterocycles. The number of carbonyl (C=O) groups excluding carboxylic acids is 2. The van der Waals surface area contributed by atoms with Crippen molar-refractivity contribution in [2.45, 2.75) is 58.3 Å². The zero-order valence-corrected chi connectivity index (χ0v) is 19.1. The van der Waals surface area contributed by atoms with Gasteiger partial charge in [-0.1, -0.05) is 43.2 Å². The van der Waals surface area contributed by atoms with Crippen molar-refractivity contribution in [3.8, 4) is 22.7 Å². The van der Waals surface area contributed by atoms with Crippen LogP contribution in [0.2, 0.25) is 0 Å². The molecule has 0 bridgehead atoms. The maximum atomic E-state index is 12.5. The second kappa shape index (κ2) is 8.85. The van der Waals surface area contributed by atoms with Crippen LogP contribution in [0.4, 0.5) is 5.69 Å². The lowest BCUT2D eigenvalue weighted by molar-refractivity contribution is -0.132. The number of amides is 1. The Labute approximate surface area is 194 Å². The van der Waals surface area contributed by atoms with E-state index in [9.17, 15) is 9.59 Å². The van der Waals surface area contributed by atoms with Crippen LogP contribution in [-0.4, -0.2) is 21.7 Å². The molecule has 2 aliphatic carbocycles. The van der Waals surface area contributed by atoms with Crippen molar-refractivity contribution in [3.63, 3.8) is 0 Å². The fourth-order valence-electron chi connectivity index (χ4n) is 4.68. The van der Waals surface area contributed by atoms with Crippen molar-refractivity contribution in [3.05, 3.63) is 59.8 Å². The van der Waals surface area contributed by atoms with Gasteiger partial charge in [-0.2, -0.15) is 9.78 Å². The van der Waals surface area contributed by atoms with Gasteiger partial charge in [0.2, 0.25) is 11.8 Å². The van der Waals surface area contributed by atoms with Crippen LogP contribution < -0.4 is 10.1 Å². The molecular formula is C27H29N3O3. The van der Waals surface area contributed by atoms with Gasteiger partial charge in [0.25, 0.3) is 0 Å². The number of hydrogen-bond acceptors (Lipinski definition) is 4. The normalized spacial score (nSPS) is 16.1. The molecule has 2 aromatic carbocycles. The molecule has 6 heteroatoms. The third kappa shape index (κ3) is 4.42.